The molecule has 0 saturated carbocycles. The van der Waals surface area contributed by atoms with E-state index < -0.39 is 0 Å². The van der Waals surface area contributed by atoms with Gasteiger partial charge < -0.3 is 4.42 Å². The summed E-state index contributed by atoms with van der Waals surface area (Å²) >= 11 is 0. The molecule has 0 atom stereocenters. The first-order valence-corrected chi connectivity index (χ1v) is 5.87. The lowest BCUT2D eigenvalue weighted by Gasteiger charge is -2.12. The van der Waals surface area contributed by atoms with Gasteiger partial charge in [-0.15, -0.1) is 0 Å². The van der Waals surface area contributed by atoms with Gasteiger partial charge >= 0.3 is 0 Å². The number of fused-ring (bicyclic) bond motifs is 2. The normalized spacial score (nSPS) is 16.6. The zero-order valence-electron chi connectivity index (χ0n) is 10.3. The molecule has 3 nitrogen and oxygen atoms in total. The molecular weight excluding hydrogens is 226 g/mol. The van der Waals surface area contributed by atoms with Gasteiger partial charge in [0.25, 0.3) is 0 Å². The van der Waals surface area contributed by atoms with Crippen LogP contribution in [0.4, 0.5) is 0 Å². The smallest absolute Gasteiger partial charge is 0.182 e. The predicted molar refractivity (Wildman–Crippen MR) is 70.5 cm³/mol. The fourth-order valence-electron chi connectivity index (χ4n) is 2.03. The standard InChI is InChI=1S/C15H13NO2/c1-15(2)7-3-4-13-12(9-15)16-11-6-5-10(17)8-14(11)18-13/h3-9H,1-2H3. The van der Waals surface area contributed by atoms with Gasteiger partial charge in [0.2, 0.25) is 0 Å². The predicted octanol–water partition coefficient (Wildman–Crippen LogP) is 1.30. The quantitative estimate of drug-likeness (QED) is 0.696. The van der Waals surface area contributed by atoms with E-state index in [2.05, 4.69) is 31.0 Å². The van der Waals surface area contributed by atoms with E-state index in [-0.39, 0.29) is 10.8 Å². The Labute approximate surface area is 104 Å². The van der Waals surface area contributed by atoms with E-state index in [9.17, 15) is 4.79 Å². The average Bonchev–Trinajstić information content (AvgIpc) is 2.43. The Morgan fingerprint density at radius 1 is 1.28 bits per heavy atom. The highest BCUT2D eigenvalue weighted by molar-refractivity contribution is 5.54. The fourth-order valence-corrected chi connectivity index (χ4v) is 2.03. The first-order valence-electron chi connectivity index (χ1n) is 5.87. The number of hydrogen-bond donors (Lipinski definition) is 0. The summed E-state index contributed by atoms with van der Waals surface area (Å²) in [4.78, 5) is 15.9. The Balaban J connectivity index is 2.43. The van der Waals surface area contributed by atoms with Crippen LogP contribution in [0.1, 0.15) is 13.8 Å². The Hall–Kier alpha value is -2.16. The van der Waals surface area contributed by atoms with Gasteiger partial charge in [0.1, 0.15) is 11.0 Å². The molecule has 0 saturated heterocycles. The highest BCUT2D eigenvalue weighted by Crippen LogP contribution is 2.20. The number of allylic oxidation sites excluding steroid dienone is 2. The van der Waals surface area contributed by atoms with Gasteiger partial charge in [0.05, 0.1) is 0 Å². The van der Waals surface area contributed by atoms with Crippen LogP contribution in [-0.4, -0.2) is 4.98 Å². The average molecular weight is 239 g/mol. The monoisotopic (exact) mass is 239 g/mol. The summed E-state index contributed by atoms with van der Waals surface area (Å²) in [6.07, 6.45) is 8.00. The Morgan fingerprint density at radius 3 is 2.94 bits per heavy atom. The summed E-state index contributed by atoms with van der Waals surface area (Å²) in [5, 5.41) is 0.816. The molecule has 0 aromatic carbocycles. The van der Waals surface area contributed by atoms with Crippen molar-refractivity contribution in [3.8, 4) is 11.5 Å². The third-order valence-corrected chi connectivity index (χ3v) is 2.93. The largest absolute Gasteiger partial charge is 0.453 e. The van der Waals surface area contributed by atoms with Gasteiger partial charge in [-0.05, 0) is 24.3 Å². The van der Waals surface area contributed by atoms with Crippen molar-refractivity contribution >= 4 is 12.2 Å². The van der Waals surface area contributed by atoms with Crippen LogP contribution < -0.4 is 16.2 Å². The van der Waals surface area contributed by atoms with Crippen molar-refractivity contribution in [2.45, 2.75) is 13.8 Å². The fraction of sp³-hybridized carbons (Fsp3) is 0.200. The van der Waals surface area contributed by atoms with Crippen LogP contribution in [0.15, 0.2) is 39.6 Å². The maximum Gasteiger partial charge on any atom is 0.182 e. The van der Waals surface area contributed by atoms with Gasteiger partial charge in [-0.25, -0.2) is 4.98 Å². The number of nitrogens with zero attached hydrogens (tertiary/aromatic N) is 1. The third-order valence-electron chi connectivity index (χ3n) is 2.93. The van der Waals surface area contributed by atoms with Crippen molar-refractivity contribution in [2.75, 3.05) is 0 Å². The summed E-state index contributed by atoms with van der Waals surface area (Å²) in [5.41, 5.74) is 1.27. The van der Waals surface area contributed by atoms with Crippen molar-refractivity contribution in [3.63, 3.8) is 0 Å². The zero-order valence-corrected chi connectivity index (χ0v) is 10.3. The first kappa shape index (κ1) is 11.0. The highest BCUT2D eigenvalue weighted by atomic mass is 16.3. The molecule has 3 heteroatoms. The van der Waals surface area contributed by atoms with Crippen LogP contribution in [-0.2, 0) is 0 Å². The number of aromatic nitrogens is 1. The lowest BCUT2D eigenvalue weighted by atomic mass is 9.93. The molecule has 0 N–H and O–H groups in total. The van der Waals surface area contributed by atoms with E-state index in [1.807, 2.05) is 12.2 Å². The molecule has 1 aliphatic heterocycles. The molecule has 0 aromatic heterocycles. The van der Waals surface area contributed by atoms with Crippen LogP contribution in [0.3, 0.4) is 0 Å². The van der Waals surface area contributed by atoms with E-state index in [1.54, 1.807) is 6.07 Å². The Kier molecular flexibility index (Phi) is 2.23. The lowest BCUT2D eigenvalue weighted by molar-refractivity contribution is 0.512. The molecule has 0 amide bonds. The minimum Gasteiger partial charge on any atom is -0.453 e. The van der Waals surface area contributed by atoms with Gasteiger partial charge in [-0.2, -0.15) is 0 Å². The minimum absolute atomic E-state index is 0.0591. The van der Waals surface area contributed by atoms with Gasteiger partial charge in [0, 0.05) is 11.5 Å². The van der Waals surface area contributed by atoms with Gasteiger partial charge in [-0.1, -0.05) is 26.0 Å². The number of hydrogen-bond acceptors (Lipinski definition) is 3. The minimum atomic E-state index is -0.0681. The van der Waals surface area contributed by atoms with Crippen LogP contribution in [0, 0.1) is 5.41 Å². The van der Waals surface area contributed by atoms with E-state index >= 15 is 0 Å². The van der Waals surface area contributed by atoms with Crippen molar-refractivity contribution < 1.29 is 4.42 Å². The number of benzene rings is 1. The molecule has 1 heterocycles. The van der Waals surface area contributed by atoms with Gasteiger partial charge in [-0.3, -0.25) is 4.79 Å². The van der Waals surface area contributed by atoms with E-state index in [1.165, 1.54) is 12.1 Å². The van der Waals surface area contributed by atoms with Crippen LogP contribution in [0.2, 0.25) is 0 Å². The van der Waals surface area contributed by atoms with E-state index in [0.717, 1.165) is 5.35 Å². The van der Waals surface area contributed by atoms with Crippen LogP contribution in [0.25, 0.3) is 23.6 Å². The van der Waals surface area contributed by atoms with Crippen LogP contribution >= 0.6 is 0 Å². The molecule has 0 radical (unpaired) electrons. The van der Waals surface area contributed by atoms with Gasteiger partial charge in [0.15, 0.2) is 16.6 Å². The highest BCUT2D eigenvalue weighted by Gasteiger charge is 2.14. The van der Waals surface area contributed by atoms with Crippen molar-refractivity contribution in [1.82, 2.24) is 4.98 Å². The Bertz CT molecular complexity index is 781. The topological polar surface area (TPSA) is 43.1 Å². The summed E-state index contributed by atoms with van der Waals surface area (Å²) in [7, 11) is 0. The van der Waals surface area contributed by atoms with Crippen LogP contribution in [0.5, 0.6) is 0 Å². The molecule has 3 aliphatic rings. The molecular formula is C15H13NO2. The van der Waals surface area contributed by atoms with Crippen molar-refractivity contribution in [1.29, 1.82) is 0 Å². The van der Waals surface area contributed by atoms with E-state index in [0.29, 0.717) is 16.9 Å². The summed E-state index contributed by atoms with van der Waals surface area (Å²) in [6.45, 7) is 4.22. The Morgan fingerprint density at radius 2 is 2.11 bits per heavy atom. The second-order valence-corrected chi connectivity index (χ2v) is 5.08. The summed E-state index contributed by atoms with van der Waals surface area (Å²) in [5.74, 6) is 0.527. The lowest BCUT2D eigenvalue weighted by Crippen LogP contribution is -2.30. The zero-order chi connectivity index (χ0) is 12.8. The molecule has 18 heavy (non-hydrogen) atoms. The van der Waals surface area contributed by atoms with E-state index in [4.69, 9.17) is 4.42 Å². The second kappa shape index (κ2) is 3.67. The maximum absolute atomic E-state index is 11.3. The van der Waals surface area contributed by atoms with Crippen molar-refractivity contribution in [3.05, 3.63) is 51.3 Å². The molecule has 3 rings (SSSR count). The third kappa shape index (κ3) is 1.88. The van der Waals surface area contributed by atoms with Crippen molar-refractivity contribution in [2.24, 2.45) is 5.41 Å². The molecule has 0 fully saturated rings. The second-order valence-electron chi connectivity index (χ2n) is 5.08. The SMILES string of the molecule is CC1(C)C=CC=c2oc3cc(=O)ccc-3nc2=C1. The molecule has 0 spiro atoms. The maximum atomic E-state index is 11.3. The summed E-state index contributed by atoms with van der Waals surface area (Å²) < 4.78 is 5.74. The molecule has 90 valence electrons. The number of rotatable bonds is 0. The molecule has 2 aliphatic carbocycles. The first-order chi connectivity index (χ1) is 8.53. The molecule has 0 aromatic rings. The molecule has 0 unspecified atom stereocenters. The molecule has 0 bridgehead atoms. The summed E-state index contributed by atoms with van der Waals surface area (Å²) in [6, 6.07) is 4.66.